The van der Waals surface area contributed by atoms with Crippen LogP contribution in [0, 0.1) is 0 Å². The Morgan fingerprint density at radius 2 is 1.67 bits per heavy atom. The van der Waals surface area contributed by atoms with Gasteiger partial charge in [0.15, 0.2) is 0 Å². The normalized spacial score (nSPS) is 10.5. The minimum Gasteiger partial charge on any atom is -0.377 e. The maximum Gasteiger partial charge on any atom is 0.0717 e. The summed E-state index contributed by atoms with van der Waals surface area (Å²) in [6.07, 6.45) is 2.15. The molecule has 0 bridgehead atoms. The van der Waals surface area contributed by atoms with Crippen molar-refractivity contribution in [3.05, 3.63) is 70.2 Å². The number of hydrogen-bond acceptors (Lipinski definition) is 1. The fourth-order valence-corrected chi connectivity index (χ4v) is 2.29. The molecule has 0 aliphatic rings. The molecule has 0 saturated carbocycles. The average molecular weight is 305 g/mol. The van der Waals surface area contributed by atoms with Crippen molar-refractivity contribution in [2.75, 3.05) is 6.61 Å². The molecule has 2 aromatic carbocycles. The minimum atomic E-state index is 0.689. The lowest BCUT2D eigenvalue weighted by atomic mass is 10.1. The largest absolute Gasteiger partial charge is 0.377 e. The maximum absolute atomic E-state index is 5.68. The van der Waals surface area contributed by atoms with Crippen molar-refractivity contribution in [1.82, 2.24) is 0 Å². The molecule has 1 nitrogen and oxygen atoms in total. The molecule has 0 aliphatic carbocycles. The van der Waals surface area contributed by atoms with Gasteiger partial charge in [0.1, 0.15) is 0 Å². The summed E-state index contributed by atoms with van der Waals surface area (Å²) in [7, 11) is 0. The number of halogens is 1. The van der Waals surface area contributed by atoms with Crippen LogP contribution in [0.5, 0.6) is 0 Å². The molecule has 2 heteroatoms. The molecular formula is C16H17BrO. The smallest absolute Gasteiger partial charge is 0.0717 e. The van der Waals surface area contributed by atoms with Crippen LogP contribution in [0.4, 0.5) is 0 Å². The zero-order valence-corrected chi connectivity index (χ0v) is 11.9. The van der Waals surface area contributed by atoms with E-state index >= 15 is 0 Å². The second-order valence-corrected chi connectivity index (χ2v) is 5.19. The highest BCUT2D eigenvalue weighted by Crippen LogP contribution is 2.12. The quantitative estimate of drug-likeness (QED) is 0.709. The molecule has 0 radical (unpaired) electrons. The summed E-state index contributed by atoms with van der Waals surface area (Å²) in [6, 6.07) is 18.8. The number of benzene rings is 2. The van der Waals surface area contributed by atoms with Crippen LogP contribution >= 0.6 is 15.9 Å². The second kappa shape index (κ2) is 7.34. The summed E-state index contributed by atoms with van der Waals surface area (Å²) in [5.74, 6) is 0. The van der Waals surface area contributed by atoms with E-state index in [4.69, 9.17) is 4.74 Å². The fourth-order valence-electron chi connectivity index (χ4n) is 1.84. The first-order chi connectivity index (χ1) is 8.84. The van der Waals surface area contributed by atoms with Crippen LogP contribution in [-0.2, 0) is 17.8 Å². The van der Waals surface area contributed by atoms with E-state index in [0.29, 0.717) is 6.61 Å². The van der Waals surface area contributed by atoms with Crippen molar-refractivity contribution in [3.63, 3.8) is 0 Å². The van der Waals surface area contributed by atoms with E-state index < -0.39 is 0 Å². The summed E-state index contributed by atoms with van der Waals surface area (Å²) < 4.78 is 6.78. The van der Waals surface area contributed by atoms with Crippen molar-refractivity contribution in [3.8, 4) is 0 Å². The molecule has 0 spiro atoms. The monoisotopic (exact) mass is 304 g/mol. The van der Waals surface area contributed by atoms with Gasteiger partial charge in [0.2, 0.25) is 0 Å². The lowest BCUT2D eigenvalue weighted by molar-refractivity contribution is 0.118. The van der Waals surface area contributed by atoms with Crippen molar-refractivity contribution in [2.45, 2.75) is 19.4 Å². The van der Waals surface area contributed by atoms with Gasteiger partial charge in [-0.25, -0.2) is 0 Å². The number of ether oxygens (including phenoxy) is 1. The van der Waals surface area contributed by atoms with Crippen LogP contribution in [0.25, 0.3) is 0 Å². The topological polar surface area (TPSA) is 9.23 Å². The Hall–Kier alpha value is -1.12. The lowest BCUT2D eigenvalue weighted by Gasteiger charge is -2.05. The van der Waals surface area contributed by atoms with Gasteiger partial charge in [-0.15, -0.1) is 0 Å². The Bertz CT molecular complexity index is 468. The number of hydrogen-bond donors (Lipinski definition) is 0. The molecule has 18 heavy (non-hydrogen) atoms. The fraction of sp³-hybridized carbons (Fsp3) is 0.250. The summed E-state index contributed by atoms with van der Waals surface area (Å²) in [5, 5.41) is 0. The van der Waals surface area contributed by atoms with Crippen LogP contribution in [0.15, 0.2) is 59.1 Å². The number of aryl methyl sites for hydroxylation is 1. The molecule has 2 aromatic rings. The van der Waals surface area contributed by atoms with Crippen LogP contribution in [0.3, 0.4) is 0 Å². The van der Waals surface area contributed by atoms with Gasteiger partial charge in [0, 0.05) is 11.1 Å². The first-order valence-electron chi connectivity index (χ1n) is 6.21. The summed E-state index contributed by atoms with van der Waals surface area (Å²) >= 11 is 3.46. The van der Waals surface area contributed by atoms with Crippen LogP contribution in [0.1, 0.15) is 17.5 Å². The predicted molar refractivity (Wildman–Crippen MR) is 78.6 cm³/mol. The first-order valence-corrected chi connectivity index (χ1v) is 7.00. The van der Waals surface area contributed by atoms with Gasteiger partial charge in [0.05, 0.1) is 6.61 Å². The van der Waals surface area contributed by atoms with Crippen molar-refractivity contribution in [2.24, 2.45) is 0 Å². The molecule has 94 valence electrons. The molecule has 0 atom stereocenters. The number of rotatable bonds is 6. The summed E-state index contributed by atoms with van der Waals surface area (Å²) in [5.41, 5.74) is 2.59. The van der Waals surface area contributed by atoms with E-state index in [0.717, 1.165) is 23.9 Å². The standard InChI is InChI=1S/C16H17BrO/c17-16-10-4-8-15(12-16)13-18-11-5-9-14-6-2-1-3-7-14/h1-4,6-8,10,12H,5,9,11,13H2. The molecule has 0 aliphatic heterocycles. The van der Waals surface area contributed by atoms with Crippen molar-refractivity contribution < 1.29 is 4.74 Å². The van der Waals surface area contributed by atoms with Gasteiger partial charge in [-0.05, 0) is 36.1 Å². The second-order valence-electron chi connectivity index (χ2n) is 4.27. The Labute approximate surface area is 117 Å². The van der Waals surface area contributed by atoms with Gasteiger partial charge in [0.25, 0.3) is 0 Å². The van der Waals surface area contributed by atoms with Crippen molar-refractivity contribution in [1.29, 1.82) is 0 Å². The summed E-state index contributed by atoms with van der Waals surface area (Å²) in [4.78, 5) is 0. The molecule has 0 saturated heterocycles. The third-order valence-electron chi connectivity index (χ3n) is 2.75. The Morgan fingerprint density at radius 3 is 2.44 bits per heavy atom. The summed E-state index contributed by atoms with van der Waals surface area (Å²) in [6.45, 7) is 1.50. The van der Waals surface area contributed by atoms with E-state index in [1.165, 1.54) is 11.1 Å². The maximum atomic E-state index is 5.68. The third-order valence-corrected chi connectivity index (χ3v) is 3.25. The first kappa shape index (κ1) is 13.3. The Balaban J connectivity index is 1.65. The third kappa shape index (κ3) is 4.63. The lowest BCUT2D eigenvalue weighted by Crippen LogP contribution is -1.97. The molecule has 0 unspecified atom stereocenters. The van der Waals surface area contributed by atoms with Crippen molar-refractivity contribution >= 4 is 15.9 Å². The minimum absolute atomic E-state index is 0.689. The van der Waals surface area contributed by atoms with Gasteiger partial charge in [-0.2, -0.15) is 0 Å². The van der Waals surface area contributed by atoms with Gasteiger partial charge < -0.3 is 4.74 Å². The highest BCUT2D eigenvalue weighted by Gasteiger charge is 1.95. The molecule has 0 fully saturated rings. The highest BCUT2D eigenvalue weighted by atomic mass is 79.9. The zero-order valence-electron chi connectivity index (χ0n) is 10.3. The van der Waals surface area contributed by atoms with E-state index in [2.05, 4.69) is 52.3 Å². The average Bonchev–Trinajstić information content (AvgIpc) is 2.40. The van der Waals surface area contributed by atoms with Crippen LogP contribution in [0.2, 0.25) is 0 Å². The highest BCUT2D eigenvalue weighted by molar-refractivity contribution is 9.10. The van der Waals surface area contributed by atoms with Gasteiger partial charge in [-0.3, -0.25) is 0 Å². The van der Waals surface area contributed by atoms with Crippen LogP contribution in [-0.4, -0.2) is 6.61 Å². The molecule has 2 rings (SSSR count). The molecule has 0 aromatic heterocycles. The van der Waals surface area contributed by atoms with Gasteiger partial charge in [-0.1, -0.05) is 58.4 Å². The molecule has 0 heterocycles. The van der Waals surface area contributed by atoms with E-state index in [-0.39, 0.29) is 0 Å². The predicted octanol–water partition coefficient (Wildman–Crippen LogP) is 4.60. The zero-order chi connectivity index (χ0) is 12.6. The van der Waals surface area contributed by atoms with Crippen LogP contribution < -0.4 is 0 Å². The molecular weight excluding hydrogens is 288 g/mol. The Kier molecular flexibility index (Phi) is 5.43. The Morgan fingerprint density at radius 1 is 0.889 bits per heavy atom. The van der Waals surface area contributed by atoms with E-state index in [1.54, 1.807) is 0 Å². The van der Waals surface area contributed by atoms with E-state index in [1.807, 2.05) is 18.2 Å². The van der Waals surface area contributed by atoms with E-state index in [9.17, 15) is 0 Å². The molecule has 0 N–H and O–H groups in total. The molecule has 0 amide bonds. The SMILES string of the molecule is Brc1cccc(COCCCc2ccccc2)c1. The van der Waals surface area contributed by atoms with Gasteiger partial charge >= 0.3 is 0 Å².